The Morgan fingerprint density at radius 1 is 0.278 bits per heavy atom. The quantitative estimate of drug-likeness (QED) is 0.00891. The summed E-state index contributed by atoms with van der Waals surface area (Å²) in [7, 11) is -3.03. The molecule has 0 radical (unpaired) electrons. The van der Waals surface area contributed by atoms with Gasteiger partial charge in [0.25, 0.3) is 0 Å². The van der Waals surface area contributed by atoms with Gasteiger partial charge in [0, 0.05) is 96.1 Å². The van der Waals surface area contributed by atoms with Gasteiger partial charge in [0.1, 0.15) is 24.6 Å². The Balaban J connectivity index is 0.887. The molecule has 0 saturated heterocycles. The number of aromatic nitrogens is 8. The van der Waals surface area contributed by atoms with Crippen LogP contribution in [0.3, 0.4) is 0 Å². The molecule has 24 nitrogen and oxygen atoms in total. The molecule has 0 aliphatic carbocycles. The molecular formula is C98H94B4N8O16+4. The predicted octanol–water partition coefficient (Wildman–Crippen LogP) is 6.30. The van der Waals surface area contributed by atoms with Crippen LogP contribution in [-0.2, 0) is 54.6 Å². The normalized spacial score (nSPS) is 11.4. The van der Waals surface area contributed by atoms with E-state index in [1.54, 1.807) is 62.8 Å². The molecule has 2 aliphatic heterocycles. The summed E-state index contributed by atoms with van der Waals surface area (Å²) >= 11 is 0. The second-order valence-electron chi connectivity index (χ2n) is 30.0. The fourth-order valence-electron chi connectivity index (χ4n) is 14.6. The number of pyridine rings is 4. The van der Waals surface area contributed by atoms with E-state index in [0.717, 1.165) is 77.9 Å². The summed E-state index contributed by atoms with van der Waals surface area (Å²) in [4.78, 5) is 18.4. The van der Waals surface area contributed by atoms with Crippen molar-refractivity contribution < 1.29 is 96.4 Å². The molecule has 0 amide bonds. The Bertz CT molecular complexity index is 5930. The van der Waals surface area contributed by atoms with Crippen molar-refractivity contribution in [2.75, 3.05) is 93.5 Å². The summed E-state index contributed by atoms with van der Waals surface area (Å²) in [5.74, 6) is 15.7. The highest BCUT2D eigenvalue weighted by molar-refractivity contribution is 6.59. The highest BCUT2D eigenvalue weighted by Gasteiger charge is 2.24. The predicted molar refractivity (Wildman–Crippen MR) is 486 cm³/mol. The Labute approximate surface area is 731 Å². The molecule has 15 rings (SSSR count). The van der Waals surface area contributed by atoms with E-state index in [4.69, 9.17) is 47.9 Å². The van der Waals surface area contributed by atoms with Crippen molar-refractivity contribution in [2.45, 2.75) is 26.2 Å². The number of benzene rings is 6. The number of nitrogens with zero attached hydrogens (tertiary/aromatic N) is 6. The number of aromatic amines is 2. The minimum Gasteiger partial charge on any atom is -0.487 e. The molecule has 6 aromatic carbocycles. The van der Waals surface area contributed by atoms with E-state index in [1.165, 1.54) is 0 Å². The first-order chi connectivity index (χ1) is 61.6. The van der Waals surface area contributed by atoms with Crippen molar-refractivity contribution in [3.63, 3.8) is 0 Å². The maximum absolute atomic E-state index is 9.82. The van der Waals surface area contributed by atoms with Gasteiger partial charge in [0.2, 0.25) is 0 Å². The largest absolute Gasteiger partial charge is 0.488 e. The molecule has 0 saturated carbocycles. The van der Waals surface area contributed by atoms with Crippen LogP contribution in [0.4, 0.5) is 0 Å². The monoisotopic (exact) mass is 1680 g/mol. The topological polar surface area (TPSA) is 309 Å². The van der Waals surface area contributed by atoms with Gasteiger partial charge in [-0.3, -0.25) is 0 Å². The summed E-state index contributed by atoms with van der Waals surface area (Å²) in [6.07, 6.45) is 23.8. The van der Waals surface area contributed by atoms with Gasteiger partial charge in [0.05, 0.1) is 111 Å². The lowest BCUT2D eigenvalue weighted by molar-refractivity contribution is -0.688. The van der Waals surface area contributed by atoms with Crippen LogP contribution in [0.2, 0.25) is 0 Å². The zero-order chi connectivity index (χ0) is 87.1. The Hall–Kier alpha value is -13.1. The number of nitrogens with one attached hydrogen (secondary N) is 2. The fraction of sp³-hybridized carbons (Fsp3) is 0.184. The minimum atomic E-state index is -1.57. The van der Waals surface area contributed by atoms with Gasteiger partial charge in [-0.05, 0) is 115 Å². The number of methoxy groups -OCH3 is 2. The van der Waals surface area contributed by atoms with Crippen LogP contribution in [0.15, 0.2) is 256 Å². The van der Waals surface area contributed by atoms with Crippen molar-refractivity contribution >= 4 is 96.7 Å². The summed E-state index contributed by atoms with van der Waals surface area (Å²) in [5, 5.41) is 78.5. The van der Waals surface area contributed by atoms with Gasteiger partial charge in [-0.2, -0.15) is 0 Å². The molecule has 0 atom stereocenters. The third-order valence-corrected chi connectivity index (χ3v) is 21.3. The second kappa shape index (κ2) is 43.0. The van der Waals surface area contributed by atoms with E-state index in [0.29, 0.717) is 168 Å². The van der Waals surface area contributed by atoms with E-state index in [-0.39, 0.29) is 26.4 Å². The minimum absolute atomic E-state index is 0.129. The molecule has 2 aliphatic rings. The number of ether oxygens (including phenoxy) is 8. The molecule has 0 spiro atoms. The van der Waals surface area contributed by atoms with Gasteiger partial charge in [-0.1, -0.05) is 157 Å². The first-order valence-electron chi connectivity index (χ1n) is 41.4. The number of fused-ring (bicyclic) bond motifs is 8. The summed E-state index contributed by atoms with van der Waals surface area (Å²) in [6, 6.07) is 65.4. The third-order valence-electron chi connectivity index (χ3n) is 21.3. The molecule has 126 heavy (non-hydrogen) atoms. The number of H-pyrrole nitrogens is 2. The average molecular weight is 1680 g/mol. The van der Waals surface area contributed by atoms with Crippen LogP contribution in [0, 0.1) is 23.7 Å². The molecule has 9 heterocycles. The molecule has 28 heteroatoms. The van der Waals surface area contributed by atoms with Crippen LogP contribution in [0.25, 0.3) is 90.9 Å². The van der Waals surface area contributed by atoms with Crippen LogP contribution < -0.4 is 49.6 Å². The Kier molecular flexibility index (Phi) is 30.0. The summed E-state index contributed by atoms with van der Waals surface area (Å²) in [6.45, 7) is 5.94. The van der Waals surface area contributed by atoms with Crippen molar-refractivity contribution in [3.8, 4) is 79.7 Å². The highest BCUT2D eigenvalue weighted by Crippen LogP contribution is 2.37. The lowest BCUT2D eigenvalue weighted by atomic mass is 9.80. The molecular weight excluding hydrogens is 1590 g/mol. The first kappa shape index (κ1) is 87.8. The second-order valence-corrected chi connectivity index (χ2v) is 30.0. The van der Waals surface area contributed by atoms with Gasteiger partial charge >= 0.3 is 28.5 Å². The van der Waals surface area contributed by atoms with Crippen molar-refractivity contribution in [1.82, 2.24) is 19.9 Å². The van der Waals surface area contributed by atoms with Gasteiger partial charge in [0.15, 0.2) is 87.3 Å². The maximum atomic E-state index is 9.82. The van der Waals surface area contributed by atoms with E-state index in [1.807, 2.05) is 159 Å². The maximum Gasteiger partial charge on any atom is 0.488 e. The molecule has 7 aromatic heterocycles. The Morgan fingerprint density at radius 3 is 0.817 bits per heavy atom. The molecule has 630 valence electrons. The van der Waals surface area contributed by atoms with Crippen LogP contribution >= 0.6 is 0 Å². The van der Waals surface area contributed by atoms with Crippen LogP contribution in [0.5, 0.6) is 11.5 Å². The molecule has 10 N–H and O–H groups in total. The molecule has 0 unspecified atom stereocenters. The van der Waals surface area contributed by atoms with Gasteiger partial charge in [-0.25, -0.2) is 28.2 Å². The van der Waals surface area contributed by atoms with Crippen molar-refractivity contribution in [3.05, 3.63) is 323 Å². The fourth-order valence-corrected chi connectivity index (χ4v) is 14.6. The van der Waals surface area contributed by atoms with Gasteiger partial charge < -0.3 is 88.1 Å². The number of hydrogen-bond acceptors (Lipinski definition) is 18. The van der Waals surface area contributed by atoms with Crippen molar-refractivity contribution in [1.29, 1.82) is 0 Å². The molecule has 13 aromatic rings. The van der Waals surface area contributed by atoms with E-state index >= 15 is 0 Å². The summed E-state index contributed by atoms with van der Waals surface area (Å²) in [5.41, 5.74) is 19.5. The lowest BCUT2D eigenvalue weighted by Crippen LogP contribution is -2.34. The molecule has 0 fully saturated rings. The van der Waals surface area contributed by atoms with E-state index in [2.05, 4.69) is 125 Å². The van der Waals surface area contributed by atoms with Crippen molar-refractivity contribution in [2.24, 2.45) is 0 Å². The Morgan fingerprint density at radius 2 is 0.532 bits per heavy atom. The third kappa shape index (κ3) is 22.7. The molecule has 8 bridgehead atoms. The summed E-state index contributed by atoms with van der Waals surface area (Å²) < 4.78 is 56.1. The van der Waals surface area contributed by atoms with Crippen LogP contribution in [-0.4, -0.2) is 182 Å². The average Bonchev–Trinajstić information content (AvgIpc) is 1.36. The SMILES string of the molecule is COCCOCCOCCOc1c2nc(c(C#Cc3c(-c4cc[n+](Cc5ccc(B(O)O)cc5)cc4)cccc3-c3cc[n+](Cc4ccc(B(O)O)cc4)cc3)c3nc(c(OCCOCCOCCOC)c4ccc([nH]4)c(C#Cc4c(-c5cc[n+](Cc6ccc(B(O)O)cc6)cc5)cccc4-c4cc[n+](Cc5ccc(B(O)O)cc5)cc4)c4ccc1[nH]4)C=C3)C=C2. The van der Waals surface area contributed by atoms with E-state index < -0.39 is 28.5 Å². The standard InChI is InChI=1S/C98H93B4N8O16/c1-119-53-55-121-57-59-123-61-63-125-97-93-33-29-89(103-93)87(27-25-85-81(73-37-45-107(46-38-73)65-69-9-17-77(18-10-69)99(111)112)5-3-6-82(85)74-39-47-108(48-40-74)66-70-11-19-78(20-12-70)100(113)114)91-31-35-95(105-91)98(126-64-62-124-60-58-122-56-54-120-2)96-36-32-92(106-96)88(90-30-34-94(97)104-90)28-26-86-83(75-41-49-109(50-42-75)67-71-13-21-79(22-14-71)101(115)116)7-4-8-84(86)76-43-51-110(52-44-76)68-72-15-23-80(24-16-72)102(117)118/h3-24,29-52,111-118H,53-68H2,1-2H3,(H,103,104,105,106)/q+3/p+1. The van der Waals surface area contributed by atoms with Gasteiger partial charge in [-0.15, -0.1) is 0 Å². The zero-order valence-electron chi connectivity index (χ0n) is 69.7. The number of rotatable bonds is 36. The van der Waals surface area contributed by atoms with E-state index in [9.17, 15) is 40.2 Å². The smallest absolute Gasteiger partial charge is 0.487 e. The lowest BCUT2D eigenvalue weighted by Gasteiger charge is -2.11. The zero-order valence-corrected chi connectivity index (χ0v) is 69.7. The number of hydrogen-bond donors (Lipinski definition) is 10. The van der Waals surface area contributed by atoms with Crippen LogP contribution in [0.1, 0.15) is 67.3 Å². The first-order valence-corrected chi connectivity index (χ1v) is 41.4. The highest BCUT2D eigenvalue weighted by atomic mass is 16.6.